The molecule has 0 spiro atoms. The molecule has 1 saturated carbocycles. The molecule has 4 nitrogen and oxygen atoms in total. The van der Waals surface area contributed by atoms with Gasteiger partial charge in [0.25, 0.3) is 0 Å². The molecule has 1 aliphatic rings. The highest BCUT2D eigenvalue weighted by atomic mass is 32.1. The van der Waals surface area contributed by atoms with Gasteiger partial charge < -0.3 is 11.1 Å². The van der Waals surface area contributed by atoms with Crippen LogP contribution in [0.5, 0.6) is 0 Å². The molecule has 1 unspecified atom stereocenters. The van der Waals surface area contributed by atoms with E-state index in [-0.39, 0.29) is 11.9 Å². The van der Waals surface area contributed by atoms with Crippen LogP contribution in [0.25, 0.3) is 0 Å². The first-order valence-corrected chi connectivity index (χ1v) is 5.20. The first-order valence-electron chi connectivity index (χ1n) is 4.79. The van der Waals surface area contributed by atoms with Gasteiger partial charge in [0.1, 0.15) is 0 Å². The SMILES string of the molecule is CC(C(=O)NC1CC1)N(C)CC(N)=S. The molecule has 1 amide bonds. The number of rotatable bonds is 5. The van der Waals surface area contributed by atoms with Crippen molar-refractivity contribution >= 4 is 23.1 Å². The standard InChI is InChI=1S/C9H17N3OS/c1-6(12(2)5-8(10)14)9(13)11-7-3-4-7/h6-7H,3-5H2,1-2H3,(H2,10,14)(H,11,13). The molecule has 3 N–H and O–H groups in total. The summed E-state index contributed by atoms with van der Waals surface area (Å²) in [5.41, 5.74) is 5.40. The molecule has 1 rings (SSSR count). The van der Waals surface area contributed by atoms with Crippen LogP contribution >= 0.6 is 12.2 Å². The number of nitrogens with two attached hydrogens (primary N) is 1. The molecule has 14 heavy (non-hydrogen) atoms. The summed E-state index contributed by atoms with van der Waals surface area (Å²) in [6.45, 7) is 2.34. The lowest BCUT2D eigenvalue weighted by molar-refractivity contribution is -0.125. The van der Waals surface area contributed by atoms with Gasteiger partial charge in [0.15, 0.2) is 0 Å². The fraction of sp³-hybridized carbons (Fsp3) is 0.778. The summed E-state index contributed by atoms with van der Waals surface area (Å²) in [4.78, 5) is 13.8. The van der Waals surface area contributed by atoms with Crippen molar-refractivity contribution in [2.75, 3.05) is 13.6 Å². The van der Waals surface area contributed by atoms with Crippen LogP contribution in [0.2, 0.25) is 0 Å². The highest BCUT2D eigenvalue weighted by Gasteiger charge is 2.27. The van der Waals surface area contributed by atoms with Gasteiger partial charge >= 0.3 is 0 Å². The van der Waals surface area contributed by atoms with Crippen LogP contribution in [0.1, 0.15) is 19.8 Å². The molecule has 1 aliphatic carbocycles. The summed E-state index contributed by atoms with van der Waals surface area (Å²) in [5, 5.41) is 2.94. The molecule has 80 valence electrons. The molecular weight excluding hydrogens is 198 g/mol. The van der Waals surface area contributed by atoms with Crippen LogP contribution in [0.3, 0.4) is 0 Å². The minimum Gasteiger partial charge on any atom is -0.392 e. The first-order chi connectivity index (χ1) is 6.50. The Labute approximate surface area is 89.8 Å². The quantitative estimate of drug-likeness (QED) is 0.627. The number of nitrogens with zero attached hydrogens (tertiary/aromatic N) is 1. The van der Waals surface area contributed by atoms with E-state index < -0.39 is 0 Å². The van der Waals surface area contributed by atoms with E-state index in [1.165, 1.54) is 0 Å². The third kappa shape index (κ3) is 3.59. The average Bonchev–Trinajstić information content (AvgIpc) is 2.85. The Kier molecular flexibility index (Phi) is 3.83. The van der Waals surface area contributed by atoms with Crippen LogP contribution in [0, 0.1) is 0 Å². The van der Waals surface area contributed by atoms with Gasteiger partial charge in [-0.25, -0.2) is 0 Å². The summed E-state index contributed by atoms with van der Waals surface area (Å²) < 4.78 is 0. The smallest absolute Gasteiger partial charge is 0.237 e. The normalized spacial score (nSPS) is 17.9. The molecule has 0 aliphatic heterocycles. The molecule has 1 atom stereocenters. The number of carbonyl (C=O) groups excluding carboxylic acids is 1. The maximum atomic E-state index is 11.6. The van der Waals surface area contributed by atoms with Crippen LogP contribution < -0.4 is 11.1 Å². The number of thiocarbonyl (C=S) groups is 1. The van der Waals surface area contributed by atoms with Gasteiger partial charge in [-0.1, -0.05) is 12.2 Å². The highest BCUT2D eigenvalue weighted by Crippen LogP contribution is 2.18. The molecule has 5 heteroatoms. The monoisotopic (exact) mass is 215 g/mol. The number of hydrogen-bond donors (Lipinski definition) is 2. The van der Waals surface area contributed by atoms with Gasteiger partial charge in [0.05, 0.1) is 11.0 Å². The van der Waals surface area contributed by atoms with Crippen LogP contribution in [-0.4, -0.2) is 41.5 Å². The van der Waals surface area contributed by atoms with Gasteiger partial charge in [-0.15, -0.1) is 0 Å². The Balaban J connectivity index is 2.33. The van der Waals surface area contributed by atoms with Crippen molar-refractivity contribution in [3.05, 3.63) is 0 Å². The molecular formula is C9H17N3OS. The fourth-order valence-corrected chi connectivity index (χ4v) is 1.34. The number of nitrogens with one attached hydrogen (secondary N) is 1. The number of amides is 1. The van der Waals surface area contributed by atoms with Gasteiger partial charge in [-0.05, 0) is 26.8 Å². The minimum atomic E-state index is -0.169. The second-order valence-electron chi connectivity index (χ2n) is 3.84. The van der Waals surface area contributed by atoms with Crippen molar-refractivity contribution in [3.63, 3.8) is 0 Å². The second kappa shape index (κ2) is 4.70. The third-order valence-electron chi connectivity index (χ3n) is 2.37. The Morgan fingerprint density at radius 3 is 2.71 bits per heavy atom. The van der Waals surface area contributed by atoms with E-state index in [0.29, 0.717) is 17.6 Å². The molecule has 0 aromatic heterocycles. The topological polar surface area (TPSA) is 58.4 Å². The van der Waals surface area contributed by atoms with Crippen molar-refractivity contribution in [3.8, 4) is 0 Å². The Hall–Kier alpha value is -0.680. The van der Waals surface area contributed by atoms with E-state index in [2.05, 4.69) is 5.32 Å². The van der Waals surface area contributed by atoms with Gasteiger partial charge in [-0.2, -0.15) is 0 Å². The van der Waals surface area contributed by atoms with Gasteiger partial charge in [0, 0.05) is 12.6 Å². The second-order valence-corrected chi connectivity index (χ2v) is 4.36. The zero-order chi connectivity index (χ0) is 10.7. The maximum Gasteiger partial charge on any atom is 0.237 e. The first kappa shape index (κ1) is 11.4. The third-order valence-corrected chi connectivity index (χ3v) is 2.50. The predicted octanol–water partition coefficient (Wildman–Crippen LogP) is -0.129. The van der Waals surface area contributed by atoms with E-state index in [1.54, 1.807) is 0 Å². The van der Waals surface area contributed by atoms with Crippen LogP contribution in [0.15, 0.2) is 0 Å². The lowest BCUT2D eigenvalue weighted by atomic mass is 10.2. The Bertz CT molecular complexity index is 240. The number of likely N-dealkylation sites (N-methyl/N-ethyl adjacent to an activating group) is 1. The molecule has 0 aromatic rings. The maximum absolute atomic E-state index is 11.6. The van der Waals surface area contributed by atoms with Crippen LogP contribution in [0.4, 0.5) is 0 Å². The largest absolute Gasteiger partial charge is 0.392 e. The molecule has 0 bridgehead atoms. The zero-order valence-electron chi connectivity index (χ0n) is 8.62. The molecule has 0 heterocycles. The number of carbonyl (C=O) groups is 1. The lowest BCUT2D eigenvalue weighted by Gasteiger charge is -2.23. The van der Waals surface area contributed by atoms with Crippen molar-refractivity contribution in [1.82, 2.24) is 10.2 Å². The zero-order valence-corrected chi connectivity index (χ0v) is 9.43. The lowest BCUT2D eigenvalue weighted by Crippen LogP contribution is -2.46. The summed E-state index contributed by atoms with van der Waals surface area (Å²) in [5.74, 6) is 0.0613. The average molecular weight is 215 g/mol. The van der Waals surface area contributed by atoms with E-state index in [9.17, 15) is 4.79 Å². The van der Waals surface area contributed by atoms with Crippen molar-refractivity contribution in [2.45, 2.75) is 31.8 Å². The fourth-order valence-electron chi connectivity index (χ4n) is 1.13. The molecule has 0 saturated heterocycles. The van der Waals surface area contributed by atoms with Gasteiger partial charge in [-0.3, -0.25) is 9.69 Å². The van der Waals surface area contributed by atoms with E-state index in [1.807, 2.05) is 18.9 Å². The number of hydrogen-bond acceptors (Lipinski definition) is 3. The highest BCUT2D eigenvalue weighted by molar-refractivity contribution is 7.80. The van der Waals surface area contributed by atoms with Crippen molar-refractivity contribution in [1.29, 1.82) is 0 Å². The Morgan fingerprint density at radius 1 is 1.71 bits per heavy atom. The Morgan fingerprint density at radius 2 is 2.29 bits per heavy atom. The van der Waals surface area contributed by atoms with Crippen molar-refractivity contribution in [2.24, 2.45) is 5.73 Å². The van der Waals surface area contributed by atoms with E-state index >= 15 is 0 Å². The molecule has 0 aromatic carbocycles. The summed E-state index contributed by atoms with van der Waals surface area (Å²) >= 11 is 4.78. The molecule has 1 fully saturated rings. The van der Waals surface area contributed by atoms with E-state index in [4.69, 9.17) is 18.0 Å². The predicted molar refractivity (Wildman–Crippen MR) is 60.0 cm³/mol. The van der Waals surface area contributed by atoms with Crippen molar-refractivity contribution < 1.29 is 4.79 Å². The van der Waals surface area contributed by atoms with Crippen LogP contribution in [-0.2, 0) is 4.79 Å². The van der Waals surface area contributed by atoms with E-state index in [0.717, 1.165) is 12.8 Å². The minimum absolute atomic E-state index is 0.0613. The van der Waals surface area contributed by atoms with Gasteiger partial charge in [0.2, 0.25) is 5.91 Å². The summed E-state index contributed by atoms with van der Waals surface area (Å²) in [6, 6.07) is 0.236. The summed E-state index contributed by atoms with van der Waals surface area (Å²) in [6.07, 6.45) is 2.22. The molecule has 0 radical (unpaired) electrons. The summed E-state index contributed by atoms with van der Waals surface area (Å²) in [7, 11) is 1.84.